The fourth-order valence-corrected chi connectivity index (χ4v) is 3.04. The fourth-order valence-electron chi connectivity index (χ4n) is 1.94. The van der Waals surface area contributed by atoms with Crippen LogP contribution in [-0.2, 0) is 0 Å². The molecule has 0 aliphatic rings. The molecule has 110 valence electrons. The van der Waals surface area contributed by atoms with Crippen LogP contribution < -0.4 is 5.32 Å². The lowest BCUT2D eigenvalue weighted by atomic mass is 10.2. The third-order valence-electron chi connectivity index (χ3n) is 3.11. The predicted octanol–water partition coefficient (Wildman–Crippen LogP) is 3.30. The van der Waals surface area contributed by atoms with E-state index in [-0.39, 0.29) is 12.1 Å². The summed E-state index contributed by atoms with van der Waals surface area (Å²) >= 11 is 7.56. The Labute approximate surface area is 128 Å². The molecule has 0 aliphatic heterocycles. The fraction of sp³-hybridized carbons (Fsp3) is 0.615. The maximum absolute atomic E-state index is 6.00. The van der Waals surface area contributed by atoms with E-state index in [0.29, 0.717) is 5.92 Å². The van der Waals surface area contributed by atoms with Crippen LogP contribution >= 0.6 is 22.9 Å². The van der Waals surface area contributed by atoms with Crippen molar-refractivity contribution in [2.75, 3.05) is 6.54 Å². The summed E-state index contributed by atoms with van der Waals surface area (Å²) in [6, 6.07) is 4.13. The second-order valence-electron chi connectivity index (χ2n) is 5.32. The van der Waals surface area contributed by atoms with Crippen LogP contribution in [0.5, 0.6) is 0 Å². The number of aromatic nitrogens is 4. The maximum atomic E-state index is 6.00. The van der Waals surface area contributed by atoms with Crippen molar-refractivity contribution < 1.29 is 0 Å². The third-order valence-corrected chi connectivity index (χ3v) is 4.51. The molecule has 2 unspecified atom stereocenters. The number of thiophene rings is 1. The lowest BCUT2D eigenvalue weighted by Crippen LogP contribution is -2.27. The van der Waals surface area contributed by atoms with Crippen LogP contribution in [0.3, 0.4) is 0 Å². The summed E-state index contributed by atoms with van der Waals surface area (Å²) in [5.74, 6) is 1.44. The van der Waals surface area contributed by atoms with Gasteiger partial charge in [-0.2, -0.15) is 0 Å². The molecule has 0 spiro atoms. The van der Waals surface area contributed by atoms with Crippen molar-refractivity contribution in [2.24, 2.45) is 5.92 Å². The number of hydrogen-bond donors (Lipinski definition) is 1. The topological polar surface area (TPSA) is 55.6 Å². The summed E-state index contributed by atoms with van der Waals surface area (Å²) in [4.78, 5) is 1.15. The van der Waals surface area contributed by atoms with Gasteiger partial charge < -0.3 is 5.32 Å². The van der Waals surface area contributed by atoms with Crippen LogP contribution in [0, 0.1) is 5.92 Å². The van der Waals surface area contributed by atoms with Gasteiger partial charge in [0.25, 0.3) is 0 Å². The van der Waals surface area contributed by atoms with Crippen LogP contribution in [0.25, 0.3) is 0 Å². The SMILES string of the molecule is CC(C)CNC(C)c1nnnn1C(C)c1ccc(Cl)s1. The molecule has 0 aliphatic carbocycles. The van der Waals surface area contributed by atoms with Gasteiger partial charge in [0.05, 0.1) is 16.4 Å². The van der Waals surface area contributed by atoms with Gasteiger partial charge in [0.15, 0.2) is 5.82 Å². The molecule has 0 saturated heterocycles. The minimum atomic E-state index is 0.0841. The number of tetrazole rings is 1. The van der Waals surface area contributed by atoms with Crippen LogP contribution in [-0.4, -0.2) is 26.8 Å². The number of nitrogens with one attached hydrogen (secondary N) is 1. The largest absolute Gasteiger partial charge is 0.307 e. The molecule has 7 heteroatoms. The van der Waals surface area contributed by atoms with Crippen molar-refractivity contribution in [3.63, 3.8) is 0 Å². The van der Waals surface area contributed by atoms with Gasteiger partial charge in [0, 0.05) is 4.88 Å². The minimum absolute atomic E-state index is 0.0841. The first-order valence-electron chi connectivity index (χ1n) is 6.75. The number of rotatable bonds is 6. The molecule has 2 heterocycles. The number of hydrogen-bond acceptors (Lipinski definition) is 5. The predicted molar refractivity (Wildman–Crippen MR) is 82.2 cm³/mol. The van der Waals surface area contributed by atoms with Gasteiger partial charge in [-0.3, -0.25) is 0 Å². The van der Waals surface area contributed by atoms with Crippen molar-refractivity contribution in [1.82, 2.24) is 25.5 Å². The first-order chi connectivity index (χ1) is 9.49. The molecule has 2 aromatic heterocycles. The van der Waals surface area contributed by atoms with Gasteiger partial charge in [0.2, 0.25) is 0 Å². The summed E-state index contributed by atoms with van der Waals surface area (Å²) in [5, 5.41) is 15.6. The molecule has 5 nitrogen and oxygen atoms in total. The van der Waals surface area contributed by atoms with Gasteiger partial charge in [-0.15, -0.1) is 16.4 Å². The lowest BCUT2D eigenvalue weighted by molar-refractivity contribution is 0.442. The van der Waals surface area contributed by atoms with Crippen molar-refractivity contribution >= 4 is 22.9 Å². The van der Waals surface area contributed by atoms with Gasteiger partial charge in [0.1, 0.15) is 0 Å². The van der Waals surface area contributed by atoms with Gasteiger partial charge in [-0.25, -0.2) is 4.68 Å². The highest BCUT2D eigenvalue weighted by molar-refractivity contribution is 7.16. The van der Waals surface area contributed by atoms with Gasteiger partial charge >= 0.3 is 0 Å². The molecule has 2 aromatic rings. The Morgan fingerprint density at radius 1 is 1.30 bits per heavy atom. The average molecular weight is 314 g/mol. The first-order valence-corrected chi connectivity index (χ1v) is 7.95. The van der Waals surface area contributed by atoms with Crippen molar-refractivity contribution in [3.05, 3.63) is 27.2 Å². The Balaban J connectivity index is 2.15. The highest BCUT2D eigenvalue weighted by Crippen LogP contribution is 2.29. The highest BCUT2D eigenvalue weighted by atomic mass is 35.5. The van der Waals surface area contributed by atoms with E-state index < -0.39 is 0 Å². The Kier molecular flexibility index (Phi) is 5.12. The number of halogens is 1. The van der Waals surface area contributed by atoms with Crippen LogP contribution in [0.2, 0.25) is 4.34 Å². The van der Waals surface area contributed by atoms with Crippen molar-refractivity contribution in [1.29, 1.82) is 0 Å². The molecule has 1 N–H and O–H groups in total. The third kappa shape index (κ3) is 3.56. The Hall–Kier alpha value is -0.980. The van der Waals surface area contributed by atoms with Crippen LogP contribution in [0.4, 0.5) is 0 Å². The van der Waals surface area contributed by atoms with Crippen molar-refractivity contribution in [3.8, 4) is 0 Å². The monoisotopic (exact) mass is 313 g/mol. The zero-order valence-electron chi connectivity index (χ0n) is 12.2. The highest BCUT2D eigenvalue weighted by Gasteiger charge is 2.20. The second kappa shape index (κ2) is 6.65. The van der Waals surface area contributed by atoms with E-state index in [9.17, 15) is 0 Å². The van der Waals surface area contributed by atoms with E-state index in [2.05, 4.69) is 48.5 Å². The van der Waals surface area contributed by atoms with E-state index >= 15 is 0 Å². The van der Waals surface area contributed by atoms with Gasteiger partial charge in [-0.05, 0) is 48.9 Å². The molecule has 0 aromatic carbocycles. The molecule has 2 rings (SSSR count). The maximum Gasteiger partial charge on any atom is 0.168 e. The summed E-state index contributed by atoms with van der Waals surface area (Å²) < 4.78 is 2.65. The van der Waals surface area contributed by atoms with E-state index in [4.69, 9.17) is 11.6 Å². The molecule has 0 bridgehead atoms. The van der Waals surface area contributed by atoms with Crippen molar-refractivity contribution in [2.45, 2.75) is 39.8 Å². The normalized spacial score (nSPS) is 14.7. The summed E-state index contributed by atoms with van der Waals surface area (Å²) in [6.07, 6.45) is 0. The lowest BCUT2D eigenvalue weighted by Gasteiger charge is -2.17. The van der Waals surface area contributed by atoms with E-state index in [1.807, 2.05) is 16.8 Å². The Bertz CT molecular complexity index is 550. The molecule has 20 heavy (non-hydrogen) atoms. The van der Waals surface area contributed by atoms with Crippen LogP contribution in [0.1, 0.15) is 50.5 Å². The Morgan fingerprint density at radius 3 is 2.65 bits per heavy atom. The molecule has 0 amide bonds. The Morgan fingerprint density at radius 2 is 2.05 bits per heavy atom. The quantitative estimate of drug-likeness (QED) is 0.889. The smallest absolute Gasteiger partial charge is 0.168 e. The van der Waals surface area contributed by atoms with E-state index in [1.54, 1.807) is 11.3 Å². The second-order valence-corrected chi connectivity index (χ2v) is 7.07. The minimum Gasteiger partial charge on any atom is -0.307 e. The van der Waals surface area contributed by atoms with Gasteiger partial charge in [-0.1, -0.05) is 25.4 Å². The van der Waals surface area contributed by atoms with Crippen LogP contribution in [0.15, 0.2) is 12.1 Å². The first kappa shape index (κ1) is 15.4. The molecule has 0 fully saturated rings. The molecule has 0 saturated carbocycles. The number of nitrogens with zero attached hydrogens (tertiary/aromatic N) is 4. The summed E-state index contributed by atoms with van der Waals surface area (Å²) in [5.41, 5.74) is 0. The zero-order valence-corrected chi connectivity index (χ0v) is 13.7. The van der Waals surface area contributed by atoms with E-state index in [1.165, 1.54) is 0 Å². The summed E-state index contributed by atoms with van der Waals surface area (Å²) in [6.45, 7) is 9.46. The summed E-state index contributed by atoms with van der Waals surface area (Å²) in [7, 11) is 0. The molecular formula is C13H20ClN5S. The molecule has 0 radical (unpaired) electrons. The zero-order chi connectivity index (χ0) is 14.7. The standard InChI is InChI=1S/C13H20ClN5S/c1-8(2)7-15-9(3)13-16-17-18-19(13)10(4)11-5-6-12(14)20-11/h5-6,8-10,15H,7H2,1-4H3. The van der Waals surface area contributed by atoms with E-state index in [0.717, 1.165) is 21.6 Å². The average Bonchev–Trinajstić information content (AvgIpc) is 3.03. The molecular weight excluding hydrogens is 294 g/mol. The molecule has 2 atom stereocenters.